The number of nitrogens with one attached hydrogen (secondary N) is 1. The van der Waals surface area contributed by atoms with Crippen LogP contribution in [0.1, 0.15) is 21.5 Å². The van der Waals surface area contributed by atoms with Gasteiger partial charge in [-0.25, -0.2) is 4.79 Å². The summed E-state index contributed by atoms with van der Waals surface area (Å²) in [5.41, 5.74) is 5.07. The first-order valence-electron chi connectivity index (χ1n) is 11.3. The number of hydrogen-bond acceptors (Lipinski definition) is 6. The number of aryl methyl sites for hydroxylation is 1. The fourth-order valence-electron chi connectivity index (χ4n) is 3.63. The topological polar surface area (TPSA) is 77.1 Å². The standard InChI is InChI=1S/C28H32N2O5/c1-19-16-22(28(32)34-5)10-12-24(19)21-8-6-20(7-9-21)17-27(31)29-23-11-13-25(33-4)26(18-23)35-15-14-30(2)3/h6-13,16,18H,14-15,17H2,1-5H3,(H,29,31). The number of rotatable bonds is 10. The Hall–Kier alpha value is -3.84. The molecule has 0 aromatic heterocycles. The molecule has 3 aromatic rings. The zero-order valence-electron chi connectivity index (χ0n) is 20.9. The lowest BCUT2D eigenvalue weighted by atomic mass is 9.97. The summed E-state index contributed by atoms with van der Waals surface area (Å²) in [4.78, 5) is 26.4. The highest BCUT2D eigenvalue weighted by molar-refractivity contribution is 5.93. The number of likely N-dealkylation sites (N-methyl/N-ethyl adjacent to an activating group) is 1. The Bertz CT molecular complexity index is 1170. The number of carbonyl (C=O) groups excluding carboxylic acids is 2. The monoisotopic (exact) mass is 476 g/mol. The third kappa shape index (κ3) is 7.07. The van der Waals surface area contributed by atoms with E-state index in [1.165, 1.54) is 7.11 Å². The molecule has 0 saturated carbocycles. The maximum Gasteiger partial charge on any atom is 0.337 e. The summed E-state index contributed by atoms with van der Waals surface area (Å²) >= 11 is 0. The summed E-state index contributed by atoms with van der Waals surface area (Å²) in [6.45, 7) is 3.24. The van der Waals surface area contributed by atoms with Gasteiger partial charge in [-0.05, 0) is 67.5 Å². The highest BCUT2D eigenvalue weighted by atomic mass is 16.5. The predicted octanol–water partition coefficient (Wildman–Crippen LogP) is 4.58. The van der Waals surface area contributed by atoms with Gasteiger partial charge >= 0.3 is 5.97 Å². The molecule has 35 heavy (non-hydrogen) atoms. The second-order valence-electron chi connectivity index (χ2n) is 8.46. The Balaban J connectivity index is 1.64. The van der Waals surface area contributed by atoms with E-state index in [9.17, 15) is 9.59 Å². The third-order valence-corrected chi connectivity index (χ3v) is 5.52. The molecule has 3 rings (SSSR count). The Labute approximate surface area is 206 Å². The molecule has 0 saturated heterocycles. The number of esters is 1. The van der Waals surface area contributed by atoms with Crippen LogP contribution in [0.3, 0.4) is 0 Å². The average Bonchev–Trinajstić information content (AvgIpc) is 2.84. The van der Waals surface area contributed by atoms with Crippen molar-refractivity contribution >= 4 is 17.6 Å². The Morgan fingerprint density at radius 2 is 1.66 bits per heavy atom. The smallest absolute Gasteiger partial charge is 0.337 e. The SMILES string of the molecule is COC(=O)c1ccc(-c2ccc(CC(=O)Nc3ccc(OC)c(OCCN(C)C)c3)cc2)c(C)c1. The van der Waals surface area contributed by atoms with Crippen molar-refractivity contribution in [3.8, 4) is 22.6 Å². The highest BCUT2D eigenvalue weighted by Crippen LogP contribution is 2.30. The molecular weight excluding hydrogens is 444 g/mol. The van der Waals surface area contributed by atoms with Crippen LogP contribution < -0.4 is 14.8 Å². The van der Waals surface area contributed by atoms with E-state index in [-0.39, 0.29) is 18.3 Å². The van der Waals surface area contributed by atoms with Gasteiger partial charge in [-0.2, -0.15) is 0 Å². The first kappa shape index (κ1) is 25.8. The first-order valence-corrected chi connectivity index (χ1v) is 11.3. The first-order chi connectivity index (χ1) is 16.8. The number of anilines is 1. The maximum absolute atomic E-state index is 12.7. The van der Waals surface area contributed by atoms with Gasteiger partial charge in [-0.15, -0.1) is 0 Å². The molecule has 0 bridgehead atoms. The van der Waals surface area contributed by atoms with Crippen molar-refractivity contribution in [3.63, 3.8) is 0 Å². The van der Waals surface area contributed by atoms with E-state index in [2.05, 4.69) is 5.32 Å². The van der Waals surface area contributed by atoms with Crippen LogP contribution in [-0.2, 0) is 16.0 Å². The number of carbonyl (C=O) groups is 2. The van der Waals surface area contributed by atoms with Crippen LogP contribution in [0.5, 0.6) is 11.5 Å². The largest absolute Gasteiger partial charge is 0.493 e. The van der Waals surface area contributed by atoms with E-state index < -0.39 is 0 Å². The molecule has 184 valence electrons. The molecule has 1 amide bonds. The molecule has 7 heteroatoms. The number of benzene rings is 3. The van der Waals surface area contributed by atoms with Gasteiger partial charge in [-0.3, -0.25) is 4.79 Å². The molecule has 7 nitrogen and oxygen atoms in total. The molecule has 0 aliphatic heterocycles. The number of amides is 1. The minimum atomic E-state index is -0.356. The molecule has 0 fully saturated rings. The molecule has 3 aromatic carbocycles. The molecule has 0 aliphatic carbocycles. The van der Waals surface area contributed by atoms with Gasteiger partial charge in [0.05, 0.1) is 26.2 Å². The van der Waals surface area contributed by atoms with Crippen molar-refractivity contribution in [3.05, 3.63) is 77.4 Å². The zero-order valence-corrected chi connectivity index (χ0v) is 20.9. The molecule has 0 atom stereocenters. The number of ether oxygens (including phenoxy) is 3. The summed E-state index contributed by atoms with van der Waals surface area (Å²) in [6, 6.07) is 18.7. The van der Waals surface area contributed by atoms with Gasteiger partial charge in [0, 0.05) is 18.3 Å². The normalized spacial score (nSPS) is 10.7. The molecule has 1 N–H and O–H groups in total. The fourth-order valence-corrected chi connectivity index (χ4v) is 3.63. The lowest BCUT2D eigenvalue weighted by Crippen LogP contribution is -2.19. The van der Waals surface area contributed by atoms with Crippen molar-refractivity contribution in [2.45, 2.75) is 13.3 Å². The molecular formula is C28H32N2O5. The second kappa shape index (κ2) is 12.0. The summed E-state index contributed by atoms with van der Waals surface area (Å²) < 4.78 is 16.0. The van der Waals surface area contributed by atoms with Crippen LogP contribution in [0.15, 0.2) is 60.7 Å². The molecule has 0 unspecified atom stereocenters. The average molecular weight is 477 g/mol. The van der Waals surface area contributed by atoms with E-state index in [0.717, 1.165) is 28.8 Å². The van der Waals surface area contributed by atoms with Gasteiger partial charge in [0.25, 0.3) is 0 Å². The summed E-state index contributed by atoms with van der Waals surface area (Å²) in [5.74, 6) is 0.725. The van der Waals surface area contributed by atoms with Crippen molar-refractivity contribution in [2.75, 3.05) is 46.8 Å². The van der Waals surface area contributed by atoms with Crippen LogP contribution in [0.2, 0.25) is 0 Å². The summed E-state index contributed by atoms with van der Waals surface area (Å²) in [5, 5.41) is 2.93. The van der Waals surface area contributed by atoms with Gasteiger partial charge in [0.1, 0.15) is 6.61 Å². The predicted molar refractivity (Wildman–Crippen MR) is 137 cm³/mol. The van der Waals surface area contributed by atoms with Crippen molar-refractivity contribution < 1.29 is 23.8 Å². The van der Waals surface area contributed by atoms with Gasteiger partial charge < -0.3 is 24.4 Å². The number of methoxy groups -OCH3 is 2. The summed E-state index contributed by atoms with van der Waals surface area (Å²) in [6.07, 6.45) is 0.239. The Kier molecular flexibility index (Phi) is 8.86. The van der Waals surface area contributed by atoms with Gasteiger partial charge in [-0.1, -0.05) is 30.3 Å². The van der Waals surface area contributed by atoms with Crippen molar-refractivity contribution in [2.24, 2.45) is 0 Å². The minimum absolute atomic E-state index is 0.124. The number of hydrogen-bond donors (Lipinski definition) is 1. The quantitative estimate of drug-likeness (QED) is 0.432. The highest BCUT2D eigenvalue weighted by Gasteiger charge is 2.11. The molecule has 0 heterocycles. The minimum Gasteiger partial charge on any atom is -0.493 e. The zero-order chi connectivity index (χ0) is 25.4. The Morgan fingerprint density at radius 1 is 0.914 bits per heavy atom. The van der Waals surface area contributed by atoms with Crippen molar-refractivity contribution in [1.82, 2.24) is 4.90 Å². The molecule has 0 spiro atoms. The van der Waals surface area contributed by atoms with E-state index >= 15 is 0 Å². The fraction of sp³-hybridized carbons (Fsp3) is 0.286. The number of nitrogens with zero attached hydrogens (tertiary/aromatic N) is 1. The van der Waals surface area contributed by atoms with E-state index in [0.29, 0.717) is 29.4 Å². The van der Waals surface area contributed by atoms with Gasteiger partial charge in [0.15, 0.2) is 11.5 Å². The van der Waals surface area contributed by atoms with Crippen molar-refractivity contribution in [1.29, 1.82) is 0 Å². The Morgan fingerprint density at radius 3 is 2.29 bits per heavy atom. The maximum atomic E-state index is 12.7. The van der Waals surface area contributed by atoms with E-state index in [1.54, 1.807) is 31.4 Å². The van der Waals surface area contributed by atoms with E-state index in [1.807, 2.05) is 62.3 Å². The van der Waals surface area contributed by atoms with E-state index in [4.69, 9.17) is 14.2 Å². The van der Waals surface area contributed by atoms with Crippen LogP contribution >= 0.6 is 0 Å². The van der Waals surface area contributed by atoms with Crippen LogP contribution in [0.25, 0.3) is 11.1 Å². The summed E-state index contributed by atoms with van der Waals surface area (Å²) in [7, 11) is 6.91. The lowest BCUT2D eigenvalue weighted by Gasteiger charge is -2.15. The lowest BCUT2D eigenvalue weighted by molar-refractivity contribution is -0.115. The van der Waals surface area contributed by atoms with Crippen LogP contribution in [0.4, 0.5) is 5.69 Å². The van der Waals surface area contributed by atoms with Crippen LogP contribution in [0, 0.1) is 6.92 Å². The molecule has 0 radical (unpaired) electrons. The third-order valence-electron chi connectivity index (χ3n) is 5.52. The second-order valence-corrected chi connectivity index (χ2v) is 8.46. The van der Waals surface area contributed by atoms with Gasteiger partial charge in [0.2, 0.25) is 5.91 Å². The molecule has 0 aliphatic rings. The van der Waals surface area contributed by atoms with Crippen LogP contribution in [-0.4, -0.2) is 58.2 Å².